The molecule has 0 aliphatic carbocycles. The number of alkyl halides is 3. The van der Waals surface area contributed by atoms with Gasteiger partial charge in [-0.05, 0) is 22.6 Å². The molecular formula is C14H13F3N6O4. The minimum Gasteiger partial charge on any atom is -0.452 e. The zero-order valence-electron chi connectivity index (χ0n) is 13.6. The summed E-state index contributed by atoms with van der Waals surface area (Å²) < 4.78 is 41.9. The van der Waals surface area contributed by atoms with Crippen LogP contribution in [-0.4, -0.2) is 57.3 Å². The summed E-state index contributed by atoms with van der Waals surface area (Å²) >= 11 is 0. The van der Waals surface area contributed by atoms with Crippen LogP contribution in [0.15, 0.2) is 30.6 Å². The Balaban J connectivity index is 1.92. The van der Waals surface area contributed by atoms with Gasteiger partial charge in [-0.1, -0.05) is 12.1 Å². The van der Waals surface area contributed by atoms with E-state index in [0.717, 1.165) is 4.68 Å². The molecule has 1 aromatic heterocycles. The zero-order valence-corrected chi connectivity index (χ0v) is 13.6. The van der Waals surface area contributed by atoms with Crippen LogP contribution in [0.2, 0.25) is 0 Å². The van der Waals surface area contributed by atoms with Crippen molar-refractivity contribution in [2.75, 3.05) is 18.5 Å². The summed E-state index contributed by atoms with van der Waals surface area (Å²) in [6.07, 6.45) is -3.35. The summed E-state index contributed by atoms with van der Waals surface area (Å²) in [6, 6.07) is 5.76. The van der Waals surface area contributed by atoms with E-state index >= 15 is 0 Å². The third-order valence-corrected chi connectivity index (χ3v) is 2.94. The van der Waals surface area contributed by atoms with Crippen LogP contribution in [-0.2, 0) is 20.9 Å². The molecule has 0 bridgehead atoms. The highest BCUT2D eigenvalue weighted by Crippen LogP contribution is 2.16. The van der Waals surface area contributed by atoms with E-state index in [9.17, 15) is 27.6 Å². The Kier molecular flexibility index (Phi) is 6.41. The number of tetrazole rings is 1. The van der Waals surface area contributed by atoms with Crippen molar-refractivity contribution in [2.45, 2.75) is 12.7 Å². The van der Waals surface area contributed by atoms with Gasteiger partial charge in [0.1, 0.15) is 19.4 Å². The van der Waals surface area contributed by atoms with Crippen molar-refractivity contribution in [3.05, 3.63) is 36.2 Å². The number of carbonyl (C=O) groups excluding carboxylic acids is 3. The van der Waals surface area contributed by atoms with Crippen LogP contribution >= 0.6 is 0 Å². The molecule has 13 heteroatoms. The molecule has 0 radical (unpaired) electrons. The summed E-state index contributed by atoms with van der Waals surface area (Å²) in [5, 5.41) is 14.3. The lowest BCUT2D eigenvalue weighted by atomic mass is 10.2. The fraction of sp³-hybridized carbons (Fsp3) is 0.286. The van der Waals surface area contributed by atoms with E-state index < -0.39 is 37.1 Å². The van der Waals surface area contributed by atoms with Crippen molar-refractivity contribution in [2.24, 2.45) is 0 Å². The lowest BCUT2D eigenvalue weighted by molar-refractivity contribution is -0.140. The van der Waals surface area contributed by atoms with E-state index in [1.807, 2.05) is 0 Å². The van der Waals surface area contributed by atoms with E-state index in [1.165, 1.54) is 24.5 Å². The van der Waals surface area contributed by atoms with Crippen molar-refractivity contribution in [1.82, 2.24) is 25.5 Å². The molecule has 2 amide bonds. The first kappa shape index (κ1) is 19.8. The second-order valence-corrected chi connectivity index (χ2v) is 5.07. The van der Waals surface area contributed by atoms with Crippen molar-refractivity contribution in [1.29, 1.82) is 0 Å². The van der Waals surface area contributed by atoms with Crippen LogP contribution in [0.1, 0.15) is 10.4 Å². The number of ether oxygens (including phenoxy) is 1. The molecule has 0 spiro atoms. The lowest BCUT2D eigenvalue weighted by Crippen LogP contribution is -2.36. The Morgan fingerprint density at radius 3 is 2.56 bits per heavy atom. The van der Waals surface area contributed by atoms with Crippen LogP contribution in [0, 0.1) is 0 Å². The van der Waals surface area contributed by atoms with Crippen LogP contribution in [0.3, 0.4) is 0 Å². The number of benzene rings is 1. The standard InChI is InChI=1S/C14H13F3N6O4/c15-14(16,17)7-18-12(25)6-27-13(26)9-3-1-2-4-10(9)20-11(24)5-23-8-19-21-22-23/h1-4,8H,5-7H2,(H,18,25)(H,20,24). The molecule has 0 aliphatic heterocycles. The average molecular weight is 386 g/mol. The highest BCUT2D eigenvalue weighted by molar-refractivity contribution is 6.01. The molecule has 0 saturated heterocycles. The van der Waals surface area contributed by atoms with Gasteiger partial charge < -0.3 is 15.4 Å². The SMILES string of the molecule is O=C(COC(=O)c1ccccc1NC(=O)Cn1cnnn1)NCC(F)(F)F. The summed E-state index contributed by atoms with van der Waals surface area (Å²) in [6.45, 7) is -2.65. The molecule has 2 aromatic rings. The maximum Gasteiger partial charge on any atom is 0.405 e. The lowest BCUT2D eigenvalue weighted by Gasteiger charge is -2.11. The number of nitrogens with zero attached hydrogens (tertiary/aromatic N) is 4. The molecule has 0 unspecified atom stereocenters. The highest BCUT2D eigenvalue weighted by atomic mass is 19.4. The summed E-state index contributed by atoms with van der Waals surface area (Å²) in [5.74, 6) is -2.64. The van der Waals surface area contributed by atoms with E-state index in [2.05, 4.69) is 25.6 Å². The third-order valence-electron chi connectivity index (χ3n) is 2.94. The molecule has 1 aromatic carbocycles. The van der Waals surface area contributed by atoms with E-state index in [1.54, 1.807) is 11.4 Å². The predicted molar refractivity (Wildman–Crippen MR) is 82.2 cm³/mol. The fourth-order valence-electron chi connectivity index (χ4n) is 1.82. The largest absolute Gasteiger partial charge is 0.452 e. The maximum absolute atomic E-state index is 12.1. The Morgan fingerprint density at radius 2 is 1.89 bits per heavy atom. The van der Waals surface area contributed by atoms with E-state index in [0.29, 0.717) is 0 Å². The highest BCUT2D eigenvalue weighted by Gasteiger charge is 2.28. The smallest absolute Gasteiger partial charge is 0.405 e. The Bertz CT molecular complexity index is 809. The van der Waals surface area contributed by atoms with E-state index in [4.69, 9.17) is 0 Å². The molecule has 0 atom stereocenters. The number of carbonyl (C=O) groups is 3. The Hall–Kier alpha value is -3.51. The molecule has 0 fully saturated rings. The van der Waals surface area contributed by atoms with Crippen molar-refractivity contribution < 1.29 is 32.3 Å². The molecule has 0 saturated carbocycles. The number of nitrogens with one attached hydrogen (secondary N) is 2. The van der Waals surface area contributed by atoms with Crippen LogP contribution < -0.4 is 10.6 Å². The van der Waals surface area contributed by atoms with Gasteiger partial charge in [-0.15, -0.1) is 5.10 Å². The van der Waals surface area contributed by atoms with Crippen molar-refractivity contribution >= 4 is 23.5 Å². The second kappa shape index (κ2) is 8.73. The van der Waals surface area contributed by atoms with Crippen molar-refractivity contribution in [3.8, 4) is 0 Å². The summed E-state index contributed by atoms with van der Waals surface area (Å²) in [7, 11) is 0. The average Bonchev–Trinajstić information content (AvgIpc) is 3.10. The molecule has 2 N–H and O–H groups in total. The van der Waals surface area contributed by atoms with Gasteiger partial charge in [0, 0.05) is 0 Å². The van der Waals surface area contributed by atoms with Gasteiger partial charge in [0.05, 0.1) is 11.3 Å². The number of esters is 1. The summed E-state index contributed by atoms with van der Waals surface area (Å²) in [5.41, 5.74) is 0.0162. The Labute approximate surface area is 149 Å². The number of aromatic nitrogens is 4. The molecule has 1 heterocycles. The first-order valence-electron chi connectivity index (χ1n) is 7.35. The minimum atomic E-state index is -4.57. The predicted octanol–water partition coefficient (Wildman–Crippen LogP) is 0.147. The number of rotatable bonds is 7. The number of anilines is 1. The van der Waals surface area contributed by atoms with Gasteiger partial charge in [0.15, 0.2) is 6.61 Å². The number of halogens is 3. The molecule has 144 valence electrons. The number of hydrogen-bond acceptors (Lipinski definition) is 7. The number of amides is 2. The second-order valence-electron chi connectivity index (χ2n) is 5.07. The number of para-hydroxylation sites is 1. The maximum atomic E-state index is 12.1. The van der Waals surface area contributed by atoms with Crippen LogP contribution in [0.5, 0.6) is 0 Å². The molecule has 0 aliphatic rings. The molecule has 10 nitrogen and oxygen atoms in total. The minimum absolute atomic E-state index is 0.0776. The topological polar surface area (TPSA) is 128 Å². The summed E-state index contributed by atoms with van der Waals surface area (Å²) in [4.78, 5) is 35.3. The van der Waals surface area contributed by atoms with Gasteiger partial charge >= 0.3 is 12.1 Å². The van der Waals surface area contributed by atoms with Crippen molar-refractivity contribution in [3.63, 3.8) is 0 Å². The molecular weight excluding hydrogens is 373 g/mol. The third kappa shape index (κ3) is 6.72. The Morgan fingerprint density at radius 1 is 1.15 bits per heavy atom. The molecule has 27 heavy (non-hydrogen) atoms. The van der Waals surface area contributed by atoms with Gasteiger partial charge in [-0.3, -0.25) is 9.59 Å². The molecule has 2 rings (SSSR count). The van der Waals surface area contributed by atoms with Gasteiger partial charge in [-0.2, -0.15) is 13.2 Å². The monoisotopic (exact) mass is 386 g/mol. The first-order chi connectivity index (χ1) is 12.7. The number of hydrogen-bond donors (Lipinski definition) is 2. The quantitative estimate of drug-likeness (QED) is 0.648. The first-order valence-corrected chi connectivity index (χ1v) is 7.35. The van der Waals surface area contributed by atoms with Crippen LogP contribution in [0.25, 0.3) is 0 Å². The normalized spacial score (nSPS) is 10.9. The van der Waals surface area contributed by atoms with Gasteiger partial charge in [0.2, 0.25) is 5.91 Å². The zero-order chi connectivity index (χ0) is 19.9. The van der Waals surface area contributed by atoms with E-state index in [-0.39, 0.29) is 17.8 Å². The fourth-order valence-corrected chi connectivity index (χ4v) is 1.82. The van der Waals surface area contributed by atoms with Gasteiger partial charge in [-0.25, -0.2) is 9.48 Å². The van der Waals surface area contributed by atoms with Gasteiger partial charge in [0.25, 0.3) is 5.91 Å². The van der Waals surface area contributed by atoms with Crippen LogP contribution in [0.4, 0.5) is 18.9 Å².